The number of carbonyl (C=O) groups is 2. The van der Waals surface area contributed by atoms with Crippen molar-refractivity contribution in [1.82, 2.24) is 0 Å². The summed E-state index contributed by atoms with van der Waals surface area (Å²) in [4.78, 5) is 26.3. The first-order chi connectivity index (χ1) is 13.7. The number of carbonyl (C=O) groups excluding carboxylic acids is 2. The maximum absolute atomic E-state index is 13.6. The third kappa shape index (κ3) is 5.79. The summed E-state index contributed by atoms with van der Waals surface area (Å²) in [5.74, 6) is -1.49. The molecule has 0 amide bonds. The number of rotatable bonds is 9. The van der Waals surface area contributed by atoms with Crippen LogP contribution in [-0.4, -0.2) is 61.4 Å². The fourth-order valence-corrected chi connectivity index (χ4v) is 4.53. The van der Waals surface area contributed by atoms with Crippen molar-refractivity contribution < 1.29 is 39.5 Å². The molecule has 1 unspecified atom stereocenters. The lowest BCUT2D eigenvalue weighted by Crippen LogP contribution is -2.47. The Balaban J connectivity index is 2.47. The van der Waals surface area contributed by atoms with Gasteiger partial charge in [-0.1, -0.05) is 23.7 Å². The second-order valence-electron chi connectivity index (χ2n) is 7.42. The van der Waals surface area contributed by atoms with E-state index in [0.29, 0.717) is 10.6 Å². The van der Waals surface area contributed by atoms with Crippen molar-refractivity contribution in [1.29, 1.82) is 0 Å². The molecule has 1 saturated carbocycles. The number of halogens is 1. The second-order valence-corrected chi connectivity index (χ2v) is 11.1. The van der Waals surface area contributed by atoms with E-state index in [-0.39, 0.29) is 19.3 Å². The Morgan fingerprint density at radius 1 is 1.00 bits per heavy atom. The number of esters is 1. The molecule has 2 rings (SSSR count). The number of Topliss-reactive ketones (excluding diaryl/α,β-unsaturated/α-hetero) is 1. The smallest absolute Gasteiger partial charge is 0.319 e. The standard InChI is InChI=1S/C18H23ClO9S2/c1-26-16(21)18(10-13-4-6-14(19)7-5-13)9-8-17(15(18)20,11-27-29(2,22)23)12-28-30(3,24)25/h4-7H,8-12H2,1-3H3. The number of ether oxygens (including phenoxy) is 1. The van der Waals surface area contributed by atoms with E-state index in [1.807, 2.05) is 0 Å². The molecule has 1 aliphatic carbocycles. The van der Waals surface area contributed by atoms with Crippen molar-refractivity contribution in [3.05, 3.63) is 34.9 Å². The first kappa shape index (κ1) is 24.7. The molecular formula is C18H23ClO9S2. The van der Waals surface area contributed by atoms with Crippen molar-refractivity contribution in [2.75, 3.05) is 32.8 Å². The van der Waals surface area contributed by atoms with Crippen LogP contribution < -0.4 is 0 Å². The van der Waals surface area contributed by atoms with E-state index < -0.39 is 56.0 Å². The number of ketones is 1. The lowest BCUT2D eigenvalue weighted by molar-refractivity contribution is -0.159. The lowest BCUT2D eigenvalue weighted by Gasteiger charge is -2.30. The summed E-state index contributed by atoms with van der Waals surface area (Å²) in [5, 5.41) is 0.473. The first-order valence-corrected chi connectivity index (χ1v) is 12.8. The van der Waals surface area contributed by atoms with E-state index in [0.717, 1.165) is 19.6 Å². The van der Waals surface area contributed by atoms with Crippen LogP contribution in [-0.2, 0) is 49.3 Å². The van der Waals surface area contributed by atoms with Crippen LogP contribution in [0, 0.1) is 10.8 Å². The zero-order valence-corrected chi connectivity index (χ0v) is 19.1. The number of hydrogen-bond acceptors (Lipinski definition) is 9. The highest BCUT2D eigenvalue weighted by Gasteiger charge is 2.62. The van der Waals surface area contributed by atoms with Gasteiger partial charge in [-0.05, 0) is 37.0 Å². The van der Waals surface area contributed by atoms with Crippen LogP contribution in [0.2, 0.25) is 5.02 Å². The fraction of sp³-hybridized carbons (Fsp3) is 0.556. The molecule has 12 heteroatoms. The average Bonchev–Trinajstić information content (AvgIpc) is 2.92. The highest BCUT2D eigenvalue weighted by Crippen LogP contribution is 2.49. The van der Waals surface area contributed by atoms with E-state index in [2.05, 4.69) is 0 Å². The van der Waals surface area contributed by atoms with E-state index >= 15 is 0 Å². The molecule has 0 saturated heterocycles. The summed E-state index contributed by atoms with van der Waals surface area (Å²) >= 11 is 5.89. The molecule has 0 heterocycles. The van der Waals surface area contributed by atoms with Gasteiger partial charge in [0.15, 0.2) is 5.78 Å². The SMILES string of the molecule is COC(=O)C1(Cc2ccc(Cl)cc2)CCC(COS(C)(=O)=O)(COS(C)(=O)=O)C1=O. The van der Waals surface area contributed by atoms with Gasteiger partial charge in [-0.25, -0.2) is 0 Å². The number of methoxy groups -OCH3 is 1. The van der Waals surface area contributed by atoms with Gasteiger partial charge in [0.1, 0.15) is 5.41 Å². The summed E-state index contributed by atoms with van der Waals surface area (Å²) in [7, 11) is -6.75. The van der Waals surface area contributed by atoms with E-state index in [1.54, 1.807) is 24.3 Å². The molecule has 1 fully saturated rings. The van der Waals surface area contributed by atoms with Crippen molar-refractivity contribution in [3.63, 3.8) is 0 Å². The van der Waals surface area contributed by atoms with Gasteiger partial charge in [-0.2, -0.15) is 16.8 Å². The van der Waals surface area contributed by atoms with Gasteiger partial charge < -0.3 is 4.74 Å². The zero-order chi connectivity index (χ0) is 22.8. The molecule has 1 atom stereocenters. The predicted molar refractivity (Wildman–Crippen MR) is 108 cm³/mol. The summed E-state index contributed by atoms with van der Waals surface area (Å²) in [6.45, 7) is -1.31. The maximum Gasteiger partial charge on any atom is 0.319 e. The van der Waals surface area contributed by atoms with Gasteiger partial charge in [-0.3, -0.25) is 18.0 Å². The van der Waals surface area contributed by atoms with Gasteiger partial charge in [0.2, 0.25) is 0 Å². The third-order valence-electron chi connectivity index (χ3n) is 5.04. The van der Waals surface area contributed by atoms with Crippen LogP contribution in [0.1, 0.15) is 18.4 Å². The van der Waals surface area contributed by atoms with Crippen molar-refractivity contribution in [2.24, 2.45) is 10.8 Å². The number of benzene rings is 1. The molecule has 1 aromatic rings. The maximum atomic E-state index is 13.6. The first-order valence-electron chi connectivity index (χ1n) is 8.80. The Bertz CT molecular complexity index is 980. The highest BCUT2D eigenvalue weighted by atomic mass is 35.5. The van der Waals surface area contributed by atoms with Crippen molar-refractivity contribution in [2.45, 2.75) is 19.3 Å². The molecule has 30 heavy (non-hydrogen) atoms. The van der Waals surface area contributed by atoms with Crippen molar-refractivity contribution >= 4 is 43.6 Å². The minimum Gasteiger partial charge on any atom is -0.468 e. The summed E-state index contributed by atoms with van der Waals surface area (Å²) in [6, 6.07) is 6.52. The highest BCUT2D eigenvalue weighted by molar-refractivity contribution is 7.86. The minimum atomic E-state index is -3.94. The second kappa shape index (κ2) is 8.91. The number of hydrogen-bond donors (Lipinski definition) is 0. The molecule has 0 aromatic heterocycles. The quantitative estimate of drug-likeness (QED) is 0.290. The summed E-state index contributed by atoms with van der Waals surface area (Å²) in [5.41, 5.74) is -2.68. The van der Waals surface area contributed by atoms with Crippen LogP contribution in [0.5, 0.6) is 0 Å². The minimum absolute atomic E-state index is 0.00137. The average molecular weight is 483 g/mol. The van der Waals surface area contributed by atoms with Crippen LogP contribution >= 0.6 is 11.6 Å². The molecule has 0 bridgehead atoms. The monoisotopic (exact) mass is 482 g/mol. The molecule has 1 aliphatic rings. The molecule has 0 N–H and O–H groups in total. The van der Waals surface area contributed by atoms with Gasteiger partial charge >= 0.3 is 5.97 Å². The van der Waals surface area contributed by atoms with Crippen LogP contribution in [0.15, 0.2) is 24.3 Å². The van der Waals surface area contributed by atoms with E-state index in [9.17, 15) is 26.4 Å². The van der Waals surface area contributed by atoms with Crippen LogP contribution in [0.25, 0.3) is 0 Å². The van der Waals surface area contributed by atoms with Gasteiger partial charge in [0, 0.05) is 5.02 Å². The van der Waals surface area contributed by atoms with E-state index in [1.165, 1.54) is 0 Å². The molecule has 0 spiro atoms. The van der Waals surface area contributed by atoms with Crippen LogP contribution in [0.4, 0.5) is 0 Å². The Kier molecular flexibility index (Phi) is 7.35. The normalized spacial score (nSPS) is 21.5. The molecule has 1 aromatic carbocycles. The van der Waals surface area contributed by atoms with Gasteiger partial charge in [-0.15, -0.1) is 0 Å². The van der Waals surface area contributed by atoms with Crippen LogP contribution in [0.3, 0.4) is 0 Å². The third-order valence-corrected chi connectivity index (χ3v) is 6.38. The molecule has 0 aliphatic heterocycles. The Labute approximate surface area is 180 Å². The predicted octanol–water partition coefficient (Wildman–Crippen LogP) is 1.34. The summed E-state index contributed by atoms with van der Waals surface area (Å²) < 4.78 is 60.6. The van der Waals surface area contributed by atoms with Crippen molar-refractivity contribution in [3.8, 4) is 0 Å². The van der Waals surface area contributed by atoms with Gasteiger partial charge in [0.05, 0.1) is 38.3 Å². The Morgan fingerprint density at radius 2 is 1.50 bits per heavy atom. The molecular weight excluding hydrogens is 460 g/mol. The lowest BCUT2D eigenvalue weighted by atomic mass is 9.75. The van der Waals surface area contributed by atoms with E-state index in [4.69, 9.17) is 24.7 Å². The Hall–Kier alpha value is -1.53. The van der Waals surface area contributed by atoms with Gasteiger partial charge in [0.25, 0.3) is 20.2 Å². The topological polar surface area (TPSA) is 130 Å². The Morgan fingerprint density at radius 3 is 1.93 bits per heavy atom. The summed E-state index contributed by atoms with van der Waals surface area (Å²) in [6.07, 6.45) is 1.55. The molecule has 0 radical (unpaired) electrons. The molecule has 9 nitrogen and oxygen atoms in total. The largest absolute Gasteiger partial charge is 0.468 e. The zero-order valence-electron chi connectivity index (χ0n) is 16.7. The fourth-order valence-electron chi connectivity index (χ4n) is 3.53. The molecule has 168 valence electrons.